The van der Waals surface area contributed by atoms with Crippen molar-refractivity contribution in [1.29, 1.82) is 0 Å². The minimum Gasteiger partial charge on any atom is -0.497 e. The van der Waals surface area contributed by atoms with Gasteiger partial charge in [0.25, 0.3) is 5.91 Å². The van der Waals surface area contributed by atoms with Crippen LogP contribution in [0.15, 0.2) is 48.5 Å². The van der Waals surface area contributed by atoms with Gasteiger partial charge in [-0.3, -0.25) is 9.89 Å². The lowest BCUT2D eigenvalue weighted by Crippen LogP contribution is -2.32. The van der Waals surface area contributed by atoms with Crippen molar-refractivity contribution in [3.63, 3.8) is 0 Å². The van der Waals surface area contributed by atoms with E-state index in [-0.39, 0.29) is 23.7 Å². The highest BCUT2D eigenvalue weighted by atomic mass is 19.1. The molecule has 2 heterocycles. The van der Waals surface area contributed by atoms with Crippen molar-refractivity contribution >= 4 is 5.91 Å². The van der Waals surface area contributed by atoms with Gasteiger partial charge in [-0.05, 0) is 47.9 Å². The molecule has 1 aromatic heterocycles. The van der Waals surface area contributed by atoms with Crippen LogP contribution in [0.3, 0.4) is 0 Å². The van der Waals surface area contributed by atoms with Gasteiger partial charge >= 0.3 is 0 Å². The summed E-state index contributed by atoms with van der Waals surface area (Å²) in [5, 5.41) is 7.33. The number of fused-ring (bicyclic) bond motifs is 1. The molecule has 0 saturated carbocycles. The zero-order valence-corrected chi connectivity index (χ0v) is 16.1. The molecule has 1 amide bonds. The van der Waals surface area contributed by atoms with Crippen LogP contribution in [-0.4, -0.2) is 34.7 Å². The highest BCUT2D eigenvalue weighted by Gasteiger charge is 2.42. The Kier molecular flexibility index (Phi) is 4.63. The fourth-order valence-electron chi connectivity index (χ4n) is 3.77. The van der Waals surface area contributed by atoms with Crippen LogP contribution in [0.2, 0.25) is 0 Å². The summed E-state index contributed by atoms with van der Waals surface area (Å²) in [6.45, 7) is 4.70. The molecule has 1 N–H and O–H groups in total. The second-order valence-electron chi connectivity index (χ2n) is 7.40. The molecule has 0 saturated heterocycles. The number of rotatable bonds is 5. The number of aromatic nitrogens is 2. The van der Waals surface area contributed by atoms with E-state index in [0.29, 0.717) is 17.9 Å². The standard InChI is InChI=1S/C22H22FN3O2/c1-13(2)12-26-21(15-5-4-6-16(23)11-15)18-19(24-25-20(18)22(26)27)14-7-9-17(28-3)10-8-14/h4-11,13,21H,12H2,1-3H3,(H,24,25). The van der Waals surface area contributed by atoms with E-state index in [4.69, 9.17) is 4.74 Å². The number of H-pyrrole nitrogens is 1. The molecular weight excluding hydrogens is 357 g/mol. The topological polar surface area (TPSA) is 58.2 Å². The minimum absolute atomic E-state index is 0.106. The zero-order valence-electron chi connectivity index (χ0n) is 16.1. The summed E-state index contributed by atoms with van der Waals surface area (Å²) in [6, 6.07) is 13.6. The van der Waals surface area contributed by atoms with Crippen LogP contribution in [0.1, 0.15) is 41.5 Å². The second kappa shape index (κ2) is 7.11. The van der Waals surface area contributed by atoms with Gasteiger partial charge in [0.2, 0.25) is 0 Å². The number of halogens is 1. The predicted octanol–water partition coefficient (Wildman–Crippen LogP) is 4.43. The van der Waals surface area contributed by atoms with Gasteiger partial charge in [0, 0.05) is 17.7 Å². The molecule has 3 aromatic rings. The molecule has 5 nitrogen and oxygen atoms in total. The quantitative estimate of drug-likeness (QED) is 0.714. The smallest absolute Gasteiger partial charge is 0.273 e. The van der Waals surface area contributed by atoms with Crippen molar-refractivity contribution in [1.82, 2.24) is 15.1 Å². The molecule has 2 aromatic carbocycles. The number of benzene rings is 2. The first kappa shape index (κ1) is 18.2. The van der Waals surface area contributed by atoms with Gasteiger partial charge in [-0.1, -0.05) is 26.0 Å². The maximum Gasteiger partial charge on any atom is 0.273 e. The molecule has 28 heavy (non-hydrogen) atoms. The first-order valence-electron chi connectivity index (χ1n) is 9.28. The van der Waals surface area contributed by atoms with Gasteiger partial charge < -0.3 is 9.64 Å². The van der Waals surface area contributed by atoms with Gasteiger partial charge in [0.1, 0.15) is 17.3 Å². The Morgan fingerprint density at radius 1 is 1.21 bits per heavy atom. The molecule has 0 fully saturated rings. The van der Waals surface area contributed by atoms with Crippen molar-refractivity contribution in [2.24, 2.45) is 5.92 Å². The maximum absolute atomic E-state index is 14.0. The van der Waals surface area contributed by atoms with Crippen LogP contribution >= 0.6 is 0 Å². The SMILES string of the molecule is COc1ccc(-c2n[nH]c3c2C(c2cccc(F)c2)N(CC(C)C)C3=O)cc1. The Hall–Kier alpha value is -3.15. The van der Waals surface area contributed by atoms with E-state index in [0.717, 1.165) is 22.4 Å². The van der Waals surface area contributed by atoms with Crippen molar-refractivity contribution in [2.45, 2.75) is 19.9 Å². The number of methoxy groups -OCH3 is 1. The Balaban J connectivity index is 1.86. The van der Waals surface area contributed by atoms with Crippen molar-refractivity contribution in [3.8, 4) is 17.0 Å². The Bertz CT molecular complexity index is 1010. The van der Waals surface area contributed by atoms with Crippen LogP contribution in [0, 0.1) is 11.7 Å². The summed E-state index contributed by atoms with van der Waals surface area (Å²) >= 11 is 0. The number of hydrogen-bond donors (Lipinski definition) is 1. The molecule has 1 unspecified atom stereocenters. The fraction of sp³-hybridized carbons (Fsp3) is 0.273. The van der Waals surface area contributed by atoms with Crippen LogP contribution in [0.5, 0.6) is 5.75 Å². The number of hydrogen-bond acceptors (Lipinski definition) is 3. The average Bonchev–Trinajstić information content (AvgIpc) is 3.21. The third-order valence-corrected chi connectivity index (χ3v) is 4.95. The average molecular weight is 379 g/mol. The van der Waals surface area contributed by atoms with Gasteiger partial charge in [-0.15, -0.1) is 0 Å². The molecule has 1 aliphatic rings. The highest BCUT2D eigenvalue weighted by Crippen LogP contribution is 2.43. The maximum atomic E-state index is 14.0. The molecule has 1 aliphatic heterocycles. The molecule has 1 atom stereocenters. The zero-order chi connectivity index (χ0) is 19.8. The molecule has 0 bridgehead atoms. The van der Waals surface area contributed by atoms with E-state index in [9.17, 15) is 9.18 Å². The molecule has 6 heteroatoms. The largest absolute Gasteiger partial charge is 0.497 e. The number of nitrogens with one attached hydrogen (secondary N) is 1. The third-order valence-electron chi connectivity index (χ3n) is 4.95. The lowest BCUT2D eigenvalue weighted by Gasteiger charge is -2.28. The van der Waals surface area contributed by atoms with E-state index in [1.165, 1.54) is 12.1 Å². The number of nitrogens with zero attached hydrogens (tertiary/aromatic N) is 2. The Morgan fingerprint density at radius 2 is 1.96 bits per heavy atom. The Morgan fingerprint density at radius 3 is 2.61 bits per heavy atom. The summed E-state index contributed by atoms with van der Waals surface area (Å²) in [5.41, 5.74) is 3.58. The normalized spacial score (nSPS) is 16.0. The third kappa shape index (κ3) is 3.05. The van der Waals surface area contributed by atoms with Gasteiger partial charge in [-0.2, -0.15) is 5.10 Å². The molecule has 0 spiro atoms. The monoisotopic (exact) mass is 379 g/mol. The van der Waals surface area contributed by atoms with Crippen molar-refractivity contribution in [3.05, 3.63) is 71.2 Å². The second-order valence-corrected chi connectivity index (χ2v) is 7.40. The highest BCUT2D eigenvalue weighted by molar-refractivity contribution is 6.00. The number of amides is 1. The lowest BCUT2D eigenvalue weighted by molar-refractivity contribution is 0.0722. The summed E-state index contributed by atoms with van der Waals surface area (Å²) in [4.78, 5) is 14.9. The van der Waals surface area contributed by atoms with Crippen molar-refractivity contribution < 1.29 is 13.9 Å². The number of carbonyl (C=O) groups excluding carboxylic acids is 1. The van der Waals surface area contributed by atoms with Crippen LogP contribution in [-0.2, 0) is 0 Å². The number of ether oxygens (including phenoxy) is 1. The molecule has 0 aliphatic carbocycles. The lowest BCUT2D eigenvalue weighted by atomic mass is 9.95. The van der Waals surface area contributed by atoms with Gasteiger partial charge in [0.15, 0.2) is 0 Å². The first-order valence-corrected chi connectivity index (χ1v) is 9.28. The van der Waals surface area contributed by atoms with Gasteiger partial charge in [-0.25, -0.2) is 4.39 Å². The van der Waals surface area contributed by atoms with E-state index in [1.807, 2.05) is 30.3 Å². The minimum atomic E-state index is -0.378. The first-order chi connectivity index (χ1) is 13.5. The van der Waals surface area contributed by atoms with E-state index < -0.39 is 0 Å². The molecule has 0 radical (unpaired) electrons. The summed E-state index contributed by atoms with van der Waals surface area (Å²) in [6.07, 6.45) is 0. The van der Waals surface area contributed by atoms with Crippen LogP contribution < -0.4 is 4.74 Å². The Labute approximate surface area is 163 Å². The molecule has 4 rings (SSSR count). The van der Waals surface area contributed by atoms with Crippen LogP contribution in [0.4, 0.5) is 4.39 Å². The van der Waals surface area contributed by atoms with E-state index >= 15 is 0 Å². The molecular formula is C22H22FN3O2. The predicted molar refractivity (Wildman–Crippen MR) is 105 cm³/mol. The van der Waals surface area contributed by atoms with E-state index in [2.05, 4.69) is 24.0 Å². The van der Waals surface area contributed by atoms with E-state index in [1.54, 1.807) is 18.1 Å². The summed E-state index contributed by atoms with van der Waals surface area (Å²) in [5.74, 6) is 0.596. The molecule has 144 valence electrons. The summed E-state index contributed by atoms with van der Waals surface area (Å²) < 4.78 is 19.2. The van der Waals surface area contributed by atoms with Crippen molar-refractivity contribution in [2.75, 3.05) is 13.7 Å². The fourth-order valence-corrected chi connectivity index (χ4v) is 3.77. The van der Waals surface area contributed by atoms with Gasteiger partial charge in [0.05, 0.1) is 18.8 Å². The van der Waals surface area contributed by atoms with Crippen LogP contribution in [0.25, 0.3) is 11.3 Å². The number of carbonyl (C=O) groups is 1. The number of aromatic amines is 1. The summed E-state index contributed by atoms with van der Waals surface area (Å²) in [7, 11) is 1.61.